The molecule has 0 unspecified atom stereocenters. The lowest BCUT2D eigenvalue weighted by atomic mass is 9.96. The minimum absolute atomic E-state index is 0.0197. The van der Waals surface area contributed by atoms with Crippen molar-refractivity contribution in [1.82, 2.24) is 25.2 Å². The van der Waals surface area contributed by atoms with Gasteiger partial charge in [0.25, 0.3) is 0 Å². The van der Waals surface area contributed by atoms with E-state index in [1.165, 1.54) is 5.56 Å². The molecule has 0 saturated carbocycles. The summed E-state index contributed by atoms with van der Waals surface area (Å²) in [5.41, 5.74) is 5.81. The third-order valence-corrected chi connectivity index (χ3v) is 7.02. The van der Waals surface area contributed by atoms with Crippen LogP contribution in [0.15, 0.2) is 66.9 Å². The summed E-state index contributed by atoms with van der Waals surface area (Å²) in [6.07, 6.45) is 3.47. The lowest BCUT2D eigenvalue weighted by molar-refractivity contribution is 0.174. The monoisotopic (exact) mass is 495 g/mol. The number of likely N-dealkylation sites (tertiary alicyclic amines) is 1. The highest BCUT2D eigenvalue weighted by Gasteiger charge is 2.28. The van der Waals surface area contributed by atoms with Gasteiger partial charge in [-0.25, -0.2) is 9.78 Å². The molecule has 0 spiro atoms. The second-order valence-corrected chi connectivity index (χ2v) is 9.53. The van der Waals surface area contributed by atoms with Crippen LogP contribution in [0.2, 0.25) is 0 Å². The largest absolute Gasteiger partial charge is 0.454 e. The van der Waals surface area contributed by atoms with E-state index in [2.05, 4.69) is 46.5 Å². The van der Waals surface area contributed by atoms with E-state index in [0.717, 1.165) is 58.4 Å². The SMILES string of the molecule is Cc1ccc(CNC(=O)N2CCC(c3nc(-c4ccc5c(c4)OCO5)c(-c4ccccn4)[nH]3)CC2)cc1. The van der Waals surface area contributed by atoms with Crippen molar-refractivity contribution in [3.8, 4) is 34.1 Å². The Labute approximate surface area is 215 Å². The number of hydrogen-bond donors (Lipinski definition) is 2. The number of carbonyl (C=O) groups excluding carboxylic acids is 1. The molecule has 37 heavy (non-hydrogen) atoms. The van der Waals surface area contributed by atoms with Gasteiger partial charge in [-0.15, -0.1) is 0 Å². The summed E-state index contributed by atoms with van der Waals surface area (Å²) in [6, 6.07) is 20.0. The number of imidazole rings is 1. The van der Waals surface area contributed by atoms with Crippen LogP contribution in [-0.2, 0) is 6.54 Å². The first kappa shape index (κ1) is 23.1. The van der Waals surface area contributed by atoms with Crippen LogP contribution in [-0.4, -0.2) is 45.8 Å². The number of nitrogens with zero attached hydrogens (tertiary/aromatic N) is 3. The fourth-order valence-corrected chi connectivity index (χ4v) is 4.89. The maximum atomic E-state index is 12.8. The number of aromatic nitrogens is 3. The Bertz CT molecular complexity index is 1390. The van der Waals surface area contributed by atoms with E-state index >= 15 is 0 Å². The Morgan fingerprint density at radius 2 is 1.86 bits per heavy atom. The number of nitrogens with one attached hydrogen (secondary N) is 2. The van der Waals surface area contributed by atoms with E-state index in [-0.39, 0.29) is 18.7 Å². The van der Waals surface area contributed by atoms with Crippen molar-refractivity contribution in [3.05, 3.63) is 83.8 Å². The molecule has 0 bridgehead atoms. The Hall–Kier alpha value is -4.33. The highest BCUT2D eigenvalue weighted by Crippen LogP contribution is 2.39. The van der Waals surface area contributed by atoms with Gasteiger partial charge in [-0.3, -0.25) is 4.98 Å². The molecular weight excluding hydrogens is 466 g/mol. The molecule has 4 aromatic rings. The van der Waals surface area contributed by atoms with Crippen molar-refractivity contribution < 1.29 is 14.3 Å². The van der Waals surface area contributed by atoms with E-state index in [0.29, 0.717) is 19.6 Å². The molecule has 8 nitrogen and oxygen atoms in total. The highest BCUT2D eigenvalue weighted by atomic mass is 16.7. The Balaban J connectivity index is 1.17. The summed E-state index contributed by atoms with van der Waals surface area (Å²) in [5.74, 6) is 2.62. The molecule has 2 amide bonds. The molecule has 1 saturated heterocycles. The summed E-state index contributed by atoms with van der Waals surface area (Å²) < 4.78 is 11.1. The quantitative estimate of drug-likeness (QED) is 0.394. The molecule has 188 valence electrons. The summed E-state index contributed by atoms with van der Waals surface area (Å²) in [6.45, 7) is 4.19. The van der Waals surface area contributed by atoms with Gasteiger partial charge in [0, 0.05) is 37.3 Å². The predicted molar refractivity (Wildman–Crippen MR) is 140 cm³/mol. The molecule has 0 atom stereocenters. The van der Waals surface area contributed by atoms with Crippen molar-refractivity contribution in [2.75, 3.05) is 19.9 Å². The van der Waals surface area contributed by atoms with E-state index < -0.39 is 0 Å². The van der Waals surface area contributed by atoms with Gasteiger partial charge in [0.2, 0.25) is 6.79 Å². The van der Waals surface area contributed by atoms with E-state index in [9.17, 15) is 4.79 Å². The lowest BCUT2D eigenvalue weighted by Crippen LogP contribution is -2.43. The summed E-state index contributed by atoms with van der Waals surface area (Å²) in [5, 5.41) is 3.05. The number of pyridine rings is 1. The zero-order valence-electron chi connectivity index (χ0n) is 20.7. The predicted octanol–water partition coefficient (Wildman–Crippen LogP) is 5.27. The molecule has 2 aromatic heterocycles. The smallest absolute Gasteiger partial charge is 0.317 e. The average molecular weight is 496 g/mol. The lowest BCUT2D eigenvalue weighted by Gasteiger charge is -2.31. The van der Waals surface area contributed by atoms with Crippen LogP contribution in [0.3, 0.4) is 0 Å². The van der Waals surface area contributed by atoms with E-state index in [4.69, 9.17) is 14.5 Å². The van der Waals surface area contributed by atoms with Crippen molar-refractivity contribution in [1.29, 1.82) is 0 Å². The highest BCUT2D eigenvalue weighted by molar-refractivity contribution is 5.78. The summed E-state index contributed by atoms with van der Waals surface area (Å²) >= 11 is 0. The van der Waals surface area contributed by atoms with Crippen molar-refractivity contribution in [3.63, 3.8) is 0 Å². The van der Waals surface area contributed by atoms with Gasteiger partial charge in [-0.2, -0.15) is 0 Å². The molecule has 1 fully saturated rings. The number of aromatic amines is 1. The van der Waals surface area contributed by atoms with E-state index in [1.54, 1.807) is 6.20 Å². The second kappa shape index (κ2) is 9.97. The number of benzene rings is 2. The molecular formula is C29H29N5O3. The molecule has 2 aliphatic heterocycles. The summed E-state index contributed by atoms with van der Waals surface area (Å²) in [7, 11) is 0. The third kappa shape index (κ3) is 4.87. The maximum Gasteiger partial charge on any atom is 0.317 e. The minimum Gasteiger partial charge on any atom is -0.454 e. The van der Waals surface area contributed by atoms with E-state index in [1.807, 2.05) is 41.3 Å². The number of piperidine rings is 1. The van der Waals surface area contributed by atoms with Crippen LogP contribution in [0.1, 0.15) is 35.7 Å². The van der Waals surface area contributed by atoms with Crippen LogP contribution in [0, 0.1) is 6.92 Å². The molecule has 6 rings (SSSR count). The number of fused-ring (bicyclic) bond motifs is 1. The first-order chi connectivity index (χ1) is 18.1. The first-order valence-corrected chi connectivity index (χ1v) is 12.6. The number of hydrogen-bond acceptors (Lipinski definition) is 5. The van der Waals surface area contributed by atoms with Crippen LogP contribution in [0.25, 0.3) is 22.6 Å². The molecule has 0 aliphatic carbocycles. The zero-order valence-corrected chi connectivity index (χ0v) is 20.7. The average Bonchev–Trinajstić information content (AvgIpc) is 3.60. The van der Waals surface area contributed by atoms with Crippen LogP contribution < -0.4 is 14.8 Å². The van der Waals surface area contributed by atoms with Crippen molar-refractivity contribution >= 4 is 6.03 Å². The number of ether oxygens (including phenoxy) is 2. The maximum absolute atomic E-state index is 12.8. The van der Waals surface area contributed by atoms with Gasteiger partial charge in [-0.05, 0) is 55.7 Å². The Kier molecular flexibility index (Phi) is 6.22. The molecule has 4 heterocycles. The topological polar surface area (TPSA) is 92.4 Å². The van der Waals surface area contributed by atoms with Gasteiger partial charge < -0.3 is 24.7 Å². The van der Waals surface area contributed by atoms with Crippen LogP contribution >= 0.6 is 0 Å². The zero-order chi connectivity index (χ0) is 25.2. The molecule has 2 aromatic carbocycles. The van der Waals surface area contributed by atoms with Gasteiger partial charge in [-0.1, -0.05) is 35.9 Å². The number of amides is 2. The molecule has 2 N–H and O–H groups in total. The van der Waals surface area contributed by atoms with Gasteiger partial charge >= 0.3 is 6.03 Å². The molecule has 2 aliphatic rings. The number of carbonyl (C=O) groups is 1. The number of H-pyrrole nitrogens is 1. The third-order valence-electron chi connectivity index (χ3n) is 7.02. The number of aryl methyl sites for hydroxylation is 1. The summed E-state index contributed by atoms with van der Waals surface area (Å²) in [4.78, 5) is 27.8. The number of urea groups is 1. The second-order valence-electron chi connectivity index (χ2n) is 9.53. The van der Waals surface area contributed by atoms with Crippen molar-refractivity contribution in [2.24, 2.45) is 0 Å². The Morgan fingerprint density at radius 3 is 2.65 bits per heavy atom. The molecule has 8 heteroatoms. The van der Waals surface area contributed by atoms with Gasteiger partial charge in [0.1, 0.15) is 5.82 Å². The fraction of sp³-hybridized carbons (Fsp3) is 0.276. The van der Waals surface area contributed by atoms with Crippen LogP contribution in [0.4, 0.5) is 4.79 Å². The minimum atomic E-state index is -0.0197. The normalized spacial score (nSPS) is 15.1. The van der Waals surface area contributed by atoms with Gasteiger partial charge in [0.15, 0.2) is 11.5 Å². The molecule has 0 radical (unpaired) electrons. The number of rotatable bonds is 5. The first-order valence-electron chi connectivity index (χ1n) is 12.6. The standard InChI is InChI=1S/C29H29N5O3/c1-19-5-7-20(8-6-19)17-31-29(35)34-14-11-21(12-15-34)28-32-26(27(33-28)23-4-2-3-13-30-23)22-9-10-24-25(16-22)37-18-36-24/h2-10,13,16,21H,11-12,14-15,17-18H2,1H3,(H,31,35)(H,32,33). The van der Waals surface area contributed by atoms with Crippen molar-refractivity contribution in [2.45, 2.75) is 32.2 Å². The van der Waals surface area contributed by atoms with Gasteiger partial charge in [0.05, 0.1) is 17.1 Å². The van der Waals surface area contributed by atoms with Crippen LogP contribution in [0.5, 0.6) is 11.5 Å². The Morgan fingerprint density at radius 1 is 1.05 bits per heavy atom. The fourth-order valence-electron chi connectivity index (χ4n) is 4.89.